The molecule has 0 spiro atoms. The molecule has 1 fully saturated rings. The van der Waals surface area contributed by atoms with E-state index in [1.54, 1.807) is 11.0 Å². The lowest BCUT2D eigenvalue weighted by Gasteiger charge is -2.20. The third-order valence-electron chi connectivity index (χ3n) is 2.09. The molecule has 1 aliphatic rings. The van der Waals surface area contributed by atoms with E-state index in [1.165, 1.54) is 0 Å². The summed E-state index contributed by atoms with van der Waals surface area (Å²) in [5.41, 5.74) is 0.717. The van der Waals surface area contributed by atoms with Crippen molar-refractivity contribution in [1.29, 1.82) is 0 Å². The van der Waals surface area contributed by atoms with Crippen LogP contribution in [0.1, 0.15) is 33.6 Å². The van der Waals surface area contributed by atoms with E-state index in [1.807, 2.05) is 20.8 Å². The van der Waals surface area contributed by atoms with E-state index in [-0.39, 0.29) is 11.8 Å². The van der Waals surface area contributed by atoms with Crippen LogP contribution in [0.25, 0.3) is 0 Å². The number of amides is 1. The lowest BCUT2D eigenvalue weighted by Crippen LogP contribution is -2.30. The molecule has 0 unspecified atom stereocenters. The van der Waals surface area contributed by atoms with Crippen molar-refractivity contribution in [2.45, 2.75) is 33.6 Å². The van der Waals surface area contributed by atoms with Crippen molar-refractivity contribution >= 4 is 5.91 Å². The van der Waals surface area contributed by atoms with Crippen LogP contribution >= 0.6 is 0 Å². The summed E-state index contributed by atoms with van der Waals surface area (Å²) in [5.74, 6) is 0.476. The van der Waals surface area contributed by atoms with Crippen LogP contribution in [0.3, 0.4) is 0 Å². The molecular formula is C12H21NO. The molecule has 80 valence electrons. The molecule has 0 N–H and O–H groups in total. The van der Waals surface area contributed by atoms with Crippen LogP contribution in [0.2, 0.25) is 0 Å². The van der Waals surface area contributed by atoms with Gasteiger partial charge in [0.25, 0.3) is 0 Å². The van der Waals surface area contributed by atoms with Gasteiger partial charge in [-0.2, -0.15) is 0 Å². The molecule has 1 saturated carbocycles. The number of hydrogen-bond donors (Lipinski definition) is 0. The Bertz CT molecular complexity index is 216. The number of carbonyl (C=O) groups excluding carboxylic acids is 1. The van der Waals surface area contributed by atoms with E-state index < -0.39 is 0 Å². The normalized spacial score (nSPS) is 13.6. The molecule has 1 amide bonds. The topological polar surface area (TPSA) is 20.3 Å². The van der Waals surface area contributed by atoms with Gasteiger partial charge in [0, 0.05) is 18.2 Å². The van der Waals surface area contributed by atoms with Crippen molar-refractivity contribution in [3.05, 3.63) is 24.9 Å². The van der Waals surface area contributed by atoms with Gasteiger partial charge in [0.15, 0.2) is 0 Å². The molecule has 0 aliphatic heterocycles. The summed E-state index contributed by atoms with van der Waals surface area (Å²) >= 11 is 0. The lowest BCUT2D eigenvalue weighted by molar-refractivity contribution is -0.130. The molecular weight excluding hydrogens is 174 g/mol. The van der Waals surface area contributed by atoms with Crippen LogP contribution in [0.15, 0.2) is 24.9 Å². The molecule has 14 heavy (non-hydrogen) atoms. The van der Waals surface area contributed by atoms with Gasteiger partial charge < -0.3 is 4.90 Å². The maximum atomic E-state index is 11.6. The van der Waals surface area contributed by atoms with Crippen LogP contribution in [0.4, 0.5) is 0 Å². The van der Waals surface area contributed by atoms with Gasteiger partial charge >= 0.3 is 0 Å². The average molecular weight is 195 g/mol. The molecule has 0 bridgehead atoms. The van der Waals surface area contributed by atoms with Crippen molar-refractivity contribution in [3.8, 4) is 0 Å². The van der Waals surface area contributed by atoms with E-state index in [9.17, 15) is 4.79 Å². The predicted molar refractivity (Wildman–Crippen MR) is 60.8 cm³/mol. The Hall–Kier alpha value is -1.05. The van der Waals surface area contributed by atoms with E-state index in [0.717, 1.165) is 18.5 Å². The van der Waals surface area contributed by atoms with Gasteiger partial charge in [0.2, 0.25) is 5.91 Å². The summed E-state index contributed by atoms with van der Waals surface area (Å²) < 4.78 is 0. The Kier molecular flexibility index (Phi) is 5.93. The largest absolute Gasteiger partial charge is 0.313 e. The highest BCUT2D eigenvalue weighted by Crippen LogP contribution is 2.31. The third-order valence-corrected chi connectivity index (χ3v) is 2.09. The zero-order valence-electron chi connectivity index (χ0n) is 9.55. The highest BCUT2D eigenvalue weighted by molar-refractivity contribution is 5.82. The first-order valence-corrected chi connectivity index (χ1v) is 5.33. The second kappa shape index (κ2) is 6.41. The molecule has 0 aromatic heterocycles. The van der Waals surface area contributed by atoms with Gasteiger partial charge in [-0.25, -0.2) is 0 Å². The first-order chi connectivity index (χ1) is 6.70. The molecule has 0 radical (unpaired) electrons. The lowest BCUT2D eigenvalue weighted by atomic mass is 10.3. The molecule has 2 nitrogen and oxygen atoms in total. The first kappa shape index (κ1) is 12.9. The van der Waals surface area contributed by atoms with E-state index >= 15 is 0 Å². The highest BCUT2D eigenvalue weighted by Gasteiger charge is 2.33. The molecule has 0 saturated heterocycles. The Morgan fingerprint density at radius 2 is 2.00 bits per heavy atom. The number of nitrogens with zero attached hydrogens (tertiary/aromatic N) is 1. The third kappa shape index (κ3) is 3.36. The number of carbonyl (C=O) groups is 1. The zero-order valence-corrected chi connectivity index (χ0v) is 9.55. The monoisotopic (exact) mass is 195 g/mol. The van der Waals surface area contributed by atoms with Crippen LogP contribution in [0, 0.1) is 5.92 Å². The Labute approximate surface area is 87.3 Å². The summed E-state index contributed by atoms with van der Waals surface area (Å²) in [6, 6.07) is 0. The van der Waals surface area contributed by atoms with Gasteiger partial charge in [-0.05, 0) is 25.8 Å². The van der Waals surface area contributed by atoms with Crippen LogP contribution in [-0.4, -0.2) is 17.4 Å². The maximum Gasteiger partial charge on any atom is 0.230 e. The summed E-state index contributed by atoms with van der Waals surface area (Å²) in [4.78, 5) is 13.3. The summed E-state index contributed by atoms with van der Waals surface area (Å²) in [7, 11) is 0. The molecule has 2 heteroatoms. The number of hydrogen-bond acceptors (Lipinski definition) is 1. The molecule has 0 heterocycles. The molecule has 0 aromatic rings. The fourth-order valence-electron chi connectivity index (χ4n) is 1.16. The standard InChI is InChI=1S/C10H15NO.C2H6/c1-4-8(3)11(5-2)10(12)9-6-7-9;1-2/h4,9H,1,3,5-7H2,2H3;1-2H3. The van der Waals surface area contributed by atoms with Gasteiger partial charge in [-0.3, -0.25) is 4.79 Å². The van der Waals surface area contributed by atoms with Crippen LogP contribution < -0.4 is 0 Å². The van der Waals surface area contributed by atoms with Crippen molar-refractivity contribution in [2.75, 3.05) is 6.54 Å². The van der Waals surface area contributed by atoms with Crippen molar-refractivity contribution in [3.63, 3.8) is 0 Å². The van der Waals surface area contributed by atoms with E-state index in [0.29, 0.717) is 6.54 Å². The number of likely N-dealkylation sites (N-methyl/N-ethyl adjacent to an activating group) is 1. The Balaban J connectivity index is 0.000000791. The zero-order chi connectivity index (χ0) is 11.1. The molecule has 1 aliphatic carbocycles. The SMILES string of the molecule is C=CC(=C)N(CC)C(=O)C1CC1.CC. The predicted octanol–water partition coefficient (Wildman–Crippen LogP) is 2.97. The fourth-order valence-corrected chi connectivity index (χ4v) is 1.16. The minimum Gasteiger partial charge on any atom is -0.313 e. The Morgan fingerprint density at radius 3 is 2.29 bits per heavy atom. The number of rotatable bonds is 4. The molecule has 1 rings (SSSR count). The summed E-state index contributed by atoms with van der Waals surface area (Å²) in [5, 5.41) is 0. The van der Waals surface area contributed by atoms with Crippen LogP contribution in [0.5, 0.6) is 0 Å². The van der Waals surface area contributed by atoms with Crippen molar-refractivity contribution in [1.82, 2.24) is 4.90 Å². The van der Waals surface area contributed by atoms with Gasteiger partial charge in [-0.15, -0.1) is 0 Å². The van der Waals surface area contributed by atoms with E-state index in [4.69, 9.17) is 0 Å². The maximum absolute atomic E-state index is 11.6. The highest BCUT2D eigenvalue weighted by atomic mass is 16.2. The van der Waals surface area contributed by atoms with E-state index in [2.05, 4.69) is 13.2 Å². The second-order valence-corrected chi connectivity index (χ2v) is 3.05. The second-order valence-electron chi connectivity index (χ2n) is 3.05. The van der Waals surface area contributed by atoms with Gasteiger partial charge in [0.1, 0.15) is 0 Å². The fraction of sp³-hybridized carbons (Fsp3) is 0.583. The quantitative estimate of drug-likeness (QED) is 0.631. The van der Waals surface area contributed by atoms with Gasteiger partial charge in [0.05, 0.1) is 0 Å². The summed E-state index contributed by atoms with van der Waals surface area (Å²) in [6.07, 6.45) is 3.71. The molecule has 0 atom stereocenters. The number of allylic oxidation sites excluding steroid dienone is 1. The van der Waals surface area contributed by atoms with Crippen molar-refractivity contribution in [2.24, 2.45) is 5.92 Å². The average Bonchev–Trinajstić information content (AvgIpc) is 3.04. The Morgan fingerprint density at radius 1 is 1.50 bits per heavy atom. The van der Waals surface area contributed by atoms with Gasteiger partial charge in [-0.1, -0.05) is 27.0 Å². The summed E-state index contributed by atoms with van der Waals surface area (Å²) in [6.45, 7) is 14.0. The van der Waals surface area contributed by atoms with Crippen LogP contribution in [-0.2, 0) is 4.79 Å². The first-order valence-electron chi connectivity index (χ1n) is 5.33. The minimum absolute atomic E-state index is 0.211. The minimum atomic E-state index is 0.211. The smallest absolute Gasteiger partial charge is 0.230 e. The van der Waals surface area contributed by atoms with Crippen molar-refractivity contribution < 1.29 is 4.79 Å². The molecule has 0 aromatic carbocycles.